The molecule has 0 spiro atoms. The summed E-state index contributed by atoms with van der Waals surface area (Å²) < 4.78 is 6.10. The largest absolute Gasteiger partial charge is 0.454 e. The third-order valence-electron chi connectivity index (χ3n) is 3.36. The van der Waals surface area contributed by atoms with E-state index in [1.54, 1.807) is 24.4 Å². The van der Waals surface area contributed by atoms with Crippen LogP contribution in [0.1, 0.15) is 4.88 Å². The zero-order valence-corrected chi connectivity index (χ0v) is 17.1. The van der Waals surface area contributed by atoms with Crippen LogP contribution in [0.15, 0.2) is 36.5 Å². The van der Waals surface area contributed by atoms with Crippen LogP contribution in [0.5, 0.6) is 11.5 Å². The van der Waals surface area contributed by atoms with E-state index in [1.165, 1.54) is 23.5 Å². The SMILES string of the molecule is O=[N+]([O-])c1cc(Cl)c(Oc2cccc(Cl)c2Cl)cc1NCc1cnc(Cl)s1. The molecular formula is C16H9Cl4N3O3S. The number of halogens is 4. The highest BCUT2D eigenvalue weighted by Gasteiger charge is 2.20. The molecule has 0 radical (unpaired) electrons. The van der Waals surface area contributed by atoms with E-state index in [2.05, 4.69) is 10.3 Å². The van der Waals surface area contributed by atoms with Gasteiger partial charge in [0.25, 0.3) is 5.69 Å². The summed E-state index contributed by atoms with van der Waals surface area (Å²) in [6.45, 7) is 0.296. The monoisotopic (exact) mass is 463 g/mol. The number of rotatable bonds is 6. The van der Waals surface area contributed by atoms with Crippen molar-refractivity contribution in [3.63, 3.8) is 0 Å². The quantitative estimate of drug-likeness (QED) is 0.311. The van der Waals surface area contributed by atoms with Gasteiger partial charge in [-0.2, -0.15) is 0 Å². The van der Waals surface area contributed by atoms with Crippen molar-refractivity contribution in [3.05, 3.63) is 71.1 Å². The maximum absolute atomic E-state index is 11.4. The van der Waals surface area contributed by atoms with Crippen LogP contribution in [0.3, 0.4) is 0 Å². The molecule has 0 aliphatic rings. The van der Waals surface area contributed by atoms with Crippen molar-refractivity contribution in [2.24, 2.45) is 0 Å². The maximum atomic E-state index is 11.4. The Balaban J connectivity index is 1.92. The molecule has 3 rings (SSSR count). The molecule has 0 fully saturated rings. The fraction of sp³-hybridized carbons (Fsp3) is 0.0625. The molecule has 0 aliphatic carbocycles. The lowest BCUT2D eigenvalue weighted by molar-refractivity contribution is -0.384. The van der Waals surface area contributed by atoms with E-state index in [-0.39, 0.29) is 32.9 Å². The average Bonchev–Trinajstić information content (AvgIpc) is 3.04. The van der Waals surface area contributed by atoms with Gasteiger partial charge in [0.1, 0.15) is 22.2 Å². The van der Waals surface area contributed by atoms with E-state index in [1.807, 2.05) is 0 Å². The molecule has 0 bridgehead atoms. The number of nitro groups is 1. The summed E-state index contributed by atoms with van der Waals surface area (Å²) in [7, 11) is 0. The molecule has 2 aromatic carbocycles. The predicted octanol–water partition coefficient (Wildman–Crippen LogP) is 7.07. The number of thiazole rings is 1. The molecule has 27 heavy (non-hydrogen) atoms. The summed E-state index contributed by atoms with van der Waals surface area (Å²) in [6, 6.07) is 7.52. The minimum Gasteiger partial charge on any atom is -0.454 e. The van der Waals surface area contributed by atoms with Gasteiger partial charge in [-0.1, -0.05) is 52.5 Å². The molecule has 0 amide bonds. The van der Waals surface area contributed by atoms with E-state index in [9.17, 15) is 10.1 Å². The van der Waals surface area contributed by atoms with Crippen LogP contribution in [0.25, 0.3) is 0 Å². The molecule has 0 aliphatic heterocycles. The van der Waals surface area contributed by atoms with Gasteiger partial charge in [-0.25, -0.2) is 4.98 Å². The number of anilines is 1. The van der Waals surface area contributed by atoms with Crippen molar-refractivity contribution < 1.29 is 9.66 Å². The van der Waals surface area contributed by atoms with Crippen molar-refractivity contribution in [2.75, 3.05) is 5.32 Å². The van der Waals surface area contributed by atoms with Crippen molar-refractivity contribution >= 4 is 69.1 Å². The molecule has 140 valence electrons. The van der Waals surface area contributed by atoms with Gasteiger partial charge in [0.05, 0.1) is 21.5 Å². The Labute approximate surface area is 177 Å². The summed E-state index contributed by atoms with van der Waals surface area (Å²) >= 11 is 25.3. The third kappa shape index (κ3) is 4.75. The molecule has 0 saturated heterocycles. The minimum atomic E-state index is -0.538. The number of benzene rings is 2. The molecule has 1 aromatic heterocycles. The van der Waals surface area contributed by atoms with Crippen LogP contribution < -0.4 is 10.1 Å². The fourth-order valence-corrected chi connectivity index (χ4v) is 3.59. The number of hydrogen-bond donors (Lipinski definition) is 1. The fourth-order valence-electron chi connectivity index (χ4n) is 2.14. The zero-order valence-electron chi connectivity index (χ0n) is 13.2. The Morgan fingerprint density at radius 1 is 1.15 bits per heavy atom. The summed E-state index contributed by atoms with van der Waals surface area (Å²) in [5, 5.41) is 14.9. The second-order valence-electron chi connectivity index (χ2n) is 5.14. The second kappa shape index (κ2) is 8.50. The van der Waals surface area contributed by atoms with Crippen molar-refractivity contribution in [1.29, 1.82) is 0 Å². The van der Waals surface area contributed by atoms with Crippen LogP contribution in [-0.4, -0.2) is 9.91 Å². The maximum Gasteiger partial charge on any atom is 0.294 e. The van der Waals surface area contributed by atoms with Gasteiger partial charge in [0.2, 0.25) is 0 Å². The zero-order chi connectivity index (χ0) is 19.6. The van der Waals surface area contributed by atoms with Gasteiger partial charge in [-0.3, -0.25) is 10.1 Å². The first-order chi connectivity index (χ1) is 12.8. The molecule has 0 saturated carbocycles. The van der Waals surface area contributed by atoms with Gasteiger partial charge in [-0.05, 0) is 12.1 Å². The highest BCUT2D eigenvalue weighted by atomic mass is 35.5. The van der Waals surface area contributed by atoms with Crippen LogP contribution in [0, 0.1) is 10.1 Å². The third-order valence-corrected chi connectivity index (χ3v) is 5.57. The predicted molar refractivity (Wildman–Crippen MR) is 109 cm³/mol. The van der Waals surface area contributed by atoms with Gasteiger partial charge >= 0.3 is 0 Å². The molecular weight excluding hydrogens is 456 g/mol. The average molecular weight is 465 g/mol. The normalized spacial score (nSPS) is 10.7. The van der Waals surface area contributed by atoms with Gasteiger partial charge in [0.15, 0.2) is 4.47 Å². The molecule has 3 aromatic rings. The Morgan fingerprint density at radius 2 is 1.93 bits per heavy atom. The summed E-state index contributed by atoms with van der Waals surface area (Å²) in [5.41, 5.74) is 0.0298. The second-order valence-corrected chi connectivity index (χ2v) is 8.03. The van der Waals surface area contributed by atoms with E-state index in [4.69, 9.17) is 51.1 Å². The smallest absolute Gasteiger partial charge is 0.294 e. The van der Waals surface area contributed by atoms with Crippen molar-refractivity contribution in [1.82, 2.24) is 4.98 Å². The van der Waals surface area contributed by atoms with Crippen LogP contribution in [-0.2, 0) is 6.54 Å². The molecule has 1 N–H and O–H groups in total. The van der Waals surface area contributed by atoms with Gasteiger partial charge in [-0.15, -0.1) is 11.3 Å². The number of nitrogens with zero attached hydrogens (tertiary/aromatic N) is 2. The summed E-state index contributed by atoms with van der Waals surface area (Å²) in [5.74, 6) is 0.469. The minimum absolute atomic E-state index is 0.0594. The Morgan fingerprint density at radius 3 is 2.59 bits per heavy atom. The van der Waals surface area contributed by atoms with Gasteiger partial charge < -0.3 is 10.1 Å². The molecule has 1 heterocycles. The number of nitrogens with one attached hydrogen (secondary N) is 1. The lowest BCUT2D eigenvalue weighted by Gasteiger charge is -2.13. The number of hydrogen-bond acceptors (Lipinski definition) is 6. The molecule has 0 unspecified atom stereocenters. The highest BCUT2D eigenvalue weighted by Crippen LogP contribution is 2.41. The van der Waals surface area contributed by atoms with E-state index in [0.29, 0.717) is 16.0 Å². The first kappa shape index (κ1) is 20.0. The van der Waals surface area contributed by atoms with Crippen molar-refractivity contribution in [3.8, 4) is 11.5 Å². The standard InChI is InChI=1S/C16H9Cl4N3O3S/c17-9-2-1-3-13(15(9)19)26-14-5-11(12(23(24)25)4-10(14)18)21-6-8-7-22-16(20)27-8/h1-5,7,21H,6H2. The van der Waals surface area contributed by atoms with E-state index < -0.39 is 4.92 Å². The van der Waals surface area contributed by atoms with E-state index >= 15 is 0 Å². The topological polar surface area (TPSA) is 77.3 Å². The lowest BCUT2D eigenvalue weighted by atomic mass is 10.2. The van der Waals surface area contributed by atoms with Crippen molar-refractivity contribution in [2.45, 2.75) is 6.54 Å². The van der Waals surface area contributed by atoms with Crippen LogP contribution in [0.4, 0.5) is 11.4 Å². The number of aromatic nitrogens is 1. The molecule has 11 heteroatoms. The number of nitro benzene ring substituents is 1. The Hall–Kier alpha value is -1.77. The first-order valence-electron chi connectivity index (χ1n) is 7.29. The molecule has 0 atom stereocenters. The van der Waals surface area contributed by atoms with Gasteiger partial charge in [0, 0.05) is 23.2 Å². The summed E-state index contributed by atoms with van der Waals surface area (Å²) in [4.78, 5) is 15.6. The highest BCUT2D eigenvalue weighted by molar-refractivity contribution is 7.15. The first-order valence-corrected chi connectivity index (χ1v) is 9.62. The Kier molecular flexibility index (Phi) is 6.29. The summed E-state index contributed by atoms with van der Waals surface area (Å²) in [6.07, 6.45) is 1.59. The molecule has 6 nitrogen and oxygen atoms in total. The van der Waals surface area contributed by atoms with E-state index in [0.717, 1.165) is 4.88 Å². The van der Waals surface area contributed by atoms with Crippen LogP contribution >= 0.6 is 57.7 Å². The van der Waals surface area contributed by atoms with Crippen LogP contribution in [0.2, 0.25) is 19.5 Å². The number of ether oxygens (including phenoxy) is 1. The lowest BCUT2D eigenvalue weighted by Crippen LogP contribution is -2.02. The Bertz CT molecular complexity index is 1010.